The van der Waals surface area contributed by atoms with Crippen LogP contribution in [0.5, 0.6) is 0 Å². The third-order valence-corrected chi connectivity index (χ3v) is 2.33. The minimum absolute atomic E-state index is 0.223. The fraction of sp³-hybridized carbons (Fsp3) is 0.857. The molecule has 0 radical (unpaired) electrons. The molecule has 0 bridgehead atoms. The Morgan fingerprint density at radius 3 is 2.42 bits per heavy atom. The number of esters is 1. The minimum atomic E-state index is -0.907. The first-order valence-corrected chi connectivity index (χ1v) is 4.81. The summed E-state index contributed by atoms with van der Waals surface area (Å²) in [5, 5.41) is 0. The van der Waals surface area contributed by atoms with Gasteiger partial charge in [0, 0.05) is 12.3 Å². The lowest BCUT2D eigenvalue weighted by Crippen LogP contribution is -2.16. The van der Waals surface area contributed by atoms with E-state index in [0.29, 0.717) is 18.7 Å². The monoisotopic (exact) mass is 232 g/mol. The fourth-order valence-corrected chi connectivity index (χ4v) is 1.54. The molecule has 0 saturated heterocycles. The van der Waals surface area contributed by atoms with Crippen LogP contribution in [0.3, 0.4) is 0 Å². The molecule has 0 aliphatic carbocycles. The Morgan fingerprint density at radius 2 is 2.00 bits per heavy atom. The van der Waals surface area contributed by atoms with E-state index in [0.717, 1.165) is 0 Å². The zero-order valence-electron chi connectivity index (χ0n) is 6.78. The standard InChI is InChI=1S/C7H11Cl3O2/c1-12-6(11)2-3-7(9,10)4-5-8/h2-5H2,1H3. The van der Waals surface area contributed by atoms with Gasteiger partial charge in [-0.2, -0.15) is 0 Å². The van der Waals surface area contributed by atoms with Crippen LogP contribution in [0, 0.1) is 0 Å². The van der Waals surface area contributed by atoms with Crippen molar-refractivity contribution in [3.8, 4) is 0 Å². The molecule has 0 spiro atoms. The van der Waals surface area contributed by atoms with Crippen LogP contribution in [0.15, 0.2) is 0 Å². The van der Waals surface area contributed by atoms with E-state index in [-0.39, 0.29) is 12.4 Å². The molecule has 0 aromatic rings. The van der Waals surface area contributed by atoms with Gasteiger partial charge in [0.25, 0.3) is 0 Å². The summed E-state index contributed by atoms with van der Waals surface area (Å²) in [6.45, 7) is 0. The number of rotatable bonds is 5. The van der Waals surface area contributed by atoms with E-state index in [1.165, 1.54) is 7.11 Å². The molecule has 0 aliphatic heterocycles. The molecule has 0 atom stereocenters. The average Bonchev–Trinajstić information content (AvgIpc) is 2.00. The van der Waals surface area contributed by atoms with E-state index < -0.39 is 4.33 Å². The summed E-state index contributed by atoms with van der Waals surface area (Å²) in [6, 6.07) is 0. The third kappa shape index (κ3) is 5.92. The van der Waals surface area contributed by atoms with Crippen LogP contribution in [0.4, 0.5) is 0 Å². The molecule has 0 rings (SSSR count). The third-order valence-electron chi connectivity index (χ3n) is 1.38. The maximum absolute atomic E-state index is 10.7. The van der Waals surface area contributed by atoms with Gasteiger partial charge in [0.1, 0.15) is 4.33 Å². The highest BCUT2D eigenvalue weighted by atomic mass is 35.5. The molecule has 72 valence electrons. The van der Waals surface area contributed by atoms with Crippen molar-refractivity contribution in [1.82, 2.24) is 0 Å². The molecule has 0 N–H and O–H groups in total. The molecule has 2 nitrogen and oxygen atoms in total. The molecule has 0 heterocycles. The largest absolute Gasteiger partial charge is 0.469 e. The van der Waals surface area contributed by atoms with E-state index in [9.17, 15) is 4.79 Å². The van der Waals surface area contributed by atoms with Gasteiger partial charge in [0.05, 0.1) is 7.11 Å². The van der Waals surface area contributed by atoms with Crippen molar-refractivity contribution >= 4 is 40.8 Å². The lowest BCUT2D eigenvalue weighted by molar-refractivity contribution is -0.140. The molecular formula is C7H11Cl3O2. The van der Waals surface area contributed by atoms with Gasteiger partial charge in [-0.1, -0.05) is 0 Å². The summed E-state index contributed by atoms with van der Waals surface area (Å²) < 4.78 is 3.53. The molecule has 0 fully saturated rings. The smallest absolute Gasteiger partial charge is 0.305 e. The Labute approximate surface area is 87.1 Å². The van der Waals surface area contributed by atoms with E-state index in [4.69, 9.17) is 34.8 Å². The summed E-state index contributed by atoms with van der Waals surface area (Å²) >= 11 is 17.1. The highest BCUT2D eigenvalue weighted by molar-refractivity contribution is 6.48. The Kier molecular flexibility index (Phi) is 6.06. The number of methoxy groups -OCH3 is 1. The summed E-state index contributed by atoms with van der Waals surface area (Å²) in [6.07, 6.45) is 1.06. The molecule has 0 amide bonds. The second-order valence-electron chi connectivity index (χ2n) is 2.37. The highest BCUT2D eigenvalue weighted by Crippen LogP contribution is 2.31. The van der Waals surface area contributed by atoms with Crippen LogP contribution in [-0.4, -0.2) is 23.3 Å². The van der Waals surface area contributed by atoms with Gasteiger partial charge in [0.2, 0.25) is 0 Å². The zero-order valence-corrected chi connectivity index (χ0v) is 9.05. The molecule has 0 aromatic heterocycles. The number of halogens is 3. The van der Waals surface area contributed by atoms with E-state index in [2.05, 4.69) is 4.74 Å². The number of carbonyl (C=O) groups excluding carboxylic acids is 1. The molecule has 5 heteroatoms. The van der Waals surface area contributed by atoms with Crippen LogP contribution in [0.25, 0.3) is 0 Å². The summed E-state index contributed by atoms with van der Waals surface area (Å²) in [7, 11) is 1.33. The van der Waals surface area contributed by atoms with E-state index in [1.807, 2.05) is 0 Å². The molecule has 0 aliphatic rings. The van der Waals surface area contributed by atoms with Crippen LogP contribution in [-0.2, 0) is 9.53 Å². The number of hydrogen-bond donors (Lipinski definition) is 0. The van der Waals surface area contributed by atoms with Gasteiger partial charge in [-0.15, -0.1) is 34.8 Å². The highest BCUT2D eigenvalue weighted by Gasteiger charge is 2.24. The Hall–Kier alpha value is 0.340. The van der Waals surface area contributed by atoms with E-state index in [1.54, 1.807) is 0 Å². The molecule has 0 aromatic carbocycles. The quantitative estimate of drug-likeness (QED) is 0.539. The van der Waals surface area contributed by atoms with Gasteiger partial charge in [-0.3, -0.25) is 4.79 Å². The van der Waals surface area contributed by atoms with E-state index >= 15 is 0 Å². The van der Waals surface area contributed by atoms with Crippen molar-refractivity contribution in [3.63, 3.8) is 0 Å². The van der Waals surface area contributed by atoms with Crippen LogP contribution in [0.2, 0.25) is 0 Å². The molecule has 0 unspecified atom stereocenters. The lowest BCUT2D eigenvalue weighted by atomic mass is 10.2. The lowest BCUT2D eigenvalue weighted by Gasteiger charge is -2.16. The van der Waals surface area contributed by atoms with Gasteiger partial charge in [-0.25, -0.2) is 0 Å². The second-order valence-corrected chi connectivity index (χ2v) is 4.39. The maximum atomic E-state index is 10.7. The zero-order chi connectivity index (χ0) is 9.61. The Balaban J connectivity index is 3.67. The topological polar surface area (TPSA) is 26.3 Å². The molecule has 12 heavy (non-hydrogen) atoms. The van der Waals surface area contributed by atoms with Gasteiger partial charge >= 0.3 is 5.97 Å². The van der Waals surface area contributed by atoms with Crippen molar-refractivity contribution < 1.29 is 9.53 Å². The maximum Gasteiger partial charge on any atom is 0.305 e. The summed E-state index contributed by atoms with van der Waals surface area (Å²) in [5.74, 6) is 0.0732. The Morgan fingerprint density at radius 1 is 1.42 bits per heavy atom. The van der Waals surface area contributed by atoms with Crippen molar-refractivity contribution in [2.24, 2.45) is 0 Å². The van der Waals surface area contributed by atoms with Crippen LogP contribution in [0.1, 0.15) is 19.3 Å². The predicted octanol–water partition coefficient (Wildman–Crippen LogP) is 2.74. The predicted molar refractivity (Wildman–Crippen MR) is 51.0 cm³/mol. The number of hydrogen-bond acceptors (Lipinski definition) is 2. The minimum Gasteiger partial charge on any atom is -0.469 e. The SMILES string of the molecule is COC(=O)CCC(Cl)(Cl)CCCl. The van der Waals surface area contributed by atoms with Crippen molar-refractivity contribution in [2.45, 2.75) is 23.6 Å². The fourth-order valence-electron chi connectivity index (χ4n) is 0.650. The average molecular weight is 234 g/mol. The first-order valence-electron chi connectivity index (χ1n) is 3.52. The number of alkyl halides is 3. The van der Waals surface area contributed by atoms with Crippen molar-refractivity contribution in [1.29, 1.82) is 0 Å². The van der Waals surface area contributed by atoms with Crippen LogP contribution >= 0.6 is 34.8 Å². The number of ether oxygens (including phenoxy) is 1. The van der Waals surface area contributed by atoms with Crippen molar-refractivity contribution in [2.75, 3.05) is 13.0 Å². The number of carbonyl (C=O) groups is 1. The van der Waals surface area contributed by atoms with Crippen molar-refractivity contribution in [3.05, 3.63) is 0 Å². The first kappa shape index (κ1) is 12.3. The first-order chi connectivity index (χ1) is 5.52. The molecular weight excluding hydrogens is 222 g/mol. The molecule has 0 saturated carbocycles. The summed E-state index contributed by atoms with van der Waals surface area (Å²) in [5.41, 5.74) is 0. The van der Waals surface area contributed by atoms with Gasteiger partial charge in [-0.05, 0) is 12.8 Å². The van der Waals surface area contributed by atoms with Gasteiger partial charge < -0.3 is 4.74 Å². The summed E-state index contributed by atoms with van der Waals surface area (Å²) in [4.78, 5) is 10.7. The Bertz CT molecular complexity index is 148. The van der Waals surface area contributed by atoms with Crippen LogP contribution < -0.4 is 0 Å². The second kappa shape index (κ2) is 5.90. The normalized spacial score (nSPS) is 11.3. The van der Waals surface area contributed by atoms with Gasteiger partial charge in [0.15, 0.2) is 0 Å².